The highest BCUT2D eigenvalue weighted by Gasteiger charge is 2.28. The maximum absolute atomic E-state index is 12.4. The highest BCUT2D eigenvalue weighted by molar-refractivity contribution is 7.89. The van der Waals surface area contributed by atoms with Crippen molar-refractivity contribution >= 4 is 21.6 Å². The van der Waals surface area contributed by atoms with Gasteiger partial charge in [0.05, 0.1) is 16.7 Å². The molecule has 3 N–H and O–H groups in total. The number of rotatable bonds is 3. The monoisotopic (exact) mass is 313 g/mol. The molecule has 0 saturated heterocycles. The lowest BCUT2D eigenvalue weighted by atomic mass is 9.92. The molecule has 0 radical (unpaired) electrons. The lowest BCUT2D eigenvalue weighted by molar-refractivity contribution is 0.361. The van der Waals surface area contributed by atoms with Gasteiger partial charge in [-0.25, -0.2) is 13.1 Å². The van der Waals surface area contributed by atoms with Gasteiger partial charge in [0, 0.05) is 12.1 Å². The van der Waals surface area contributed by atoms with Crippen molar-refractivity contribution in [3.63, 3.8) is 0 Å². The minimum absolute atomic E-state index is 0.0732. The molecule has 0 aromatic heterocycles. The van der Waals surface area contributed by atoms with Crippen LogP contribution in [0.25, 0.3) is 0 Å². The lowest BCUT2D eigenvalue weighted by Gasteiger charge is -2.29. The second-order valence-electron chi connectivity index (χ2n) is 4.93. The maximum Gasteiger partial charge on any atom is 0.242 e. The summed E-state index contributed by atoms with van der Waals surface area (Å²) in [7, 11) is -3.77. The number of nitriles is 1. The van der Waals surface area contributed by atoms with E-state index in [1.165, 1.54) is 18.2 Å². The van der Waals surface area contributed by atoms with Crippen molar-refractivity contribution < 1.29 is 8.42 Å². The maximum atomic E-state index is 12.4. The smallest absolute Gasteiger partial charge is 0.242 e. The molecular formula is C13H16ClN3O2S. The second-order valence-corrected chi connectivity index (χ2v) is 7.02. The Morgan fingerprint density at radius 2 is 2.05 bits per heavy atom. The van der Waals surface area contributed by atoms with Crippen LogP contribution < -0.4 is 10.5 Å². The summed E-state index contributed by atoms with van der Waals surface area (Å²) >= 11 is 5.93. The van der Waals surface area contributed by atoms with E-state index in [1.54, 1.807) is 0 Å². The number of nitrogens with one attached hydrogen (secondary N) is 1. The van der Waals surface area contributed by atoms with Crippen molar-refractivity contribution in [1.29, 1.82) is 5.26 Å². The number of hydrogen-bond acceptors (Lipinski definition) is 4. The summed E-state index contributed by atoms with van der Waals surface area (Å²) in [6, 6.07) is 5.61. The standard InChI is InChI=1S/C13H16ClN3O2S/c14-10-6-5-9(8-15)7-13(10)20(18,19)17-12-4-2-1-3-11(12)16/h5-7,11-12,17H,1-4,16H2. The number of benzene rings is 1. The SMILES string of the molecule is N#Cc1ccc(Cl)c(S(=O)(=O)NC2CCCCC2N)c1. The first-order chi connectivity index (χ1) is 9.44. The third-order valence-electron chi connectivity index (χ3n) is 3.48. The predicted molar refractivity (Wildman–Crippen MR) is 76.7 cm³/mol. The molecule has 1 aromatic rings. The van der Waals surface area contributed by atoms with E-state index in [1.807, 2.05) is 6.07 Å². The summed E-state index contributed by atoms with van der Waals surface area (Å²) in [6.45, 7) is 0. The molecule has 1 aliphatic carbocycles. The van der Waals surface area contributed by atoms with Crippen molar-refractivity contribution in [3.8, 4) is 6.07 Å². The van der Waals surface area contributed by atoms with Crippen LogP contribution in [-0.2, 0) is 10.0 Å². The fourth-order valence-corrected chi connectivity index (χ4v) is 4.19. The van der Waals surface area contributed by atoms with E-state index in [0.29, 0.717) is 0 Å². The van der Waals surface area contributed by atoms with Crippen molar-refractivity contribution in [2.24, 2.45) is 5.73 Å². The average Bonchev–Trinajstić information content (AvgIpc) is 2.41. The molecule has 2 rings (SSSR count). The average molecular weight is 314 g/mol. The fraction of sp³-hybridized carbons (Fsp3) is 0.462. The molecule has 7 heteroatoms. The lowest BCUT2D eigenvalue weighted by Crippen LogP contribution is -2.49. The molecule has 0 bridgehead atoms. The molecule has 108 valence electrons. The summed E-state index contributed by atoms with van der Waals surface area (Å²) in [5, 5.41) is 8.95. The molecule has 1 aromatic carbocycles. The minimum Gasteiger partial charge on any atom is -0.326 e. The normalized spacial score (nSPS) is 23.2. The zero-order chi connectivity index (χ0) is 14.8. The van der Waals surface area contributed by atoms with Gasteiger partial charge in [0.2, 0.25) is 10.0 Å². The van der Waals surface area contributed by atoms with E-state index in [2.05, 4.69) is 4.72 Å². The molecule has 1 saturated carbocycles. The molecule has 0 heterocycles. The molecule has 2 atom stereocenters. The fourth-order valence-electron chi connectivity index (χ4n) is 2.35. The second kappa shape index (κ2) is 6.10. The molecule has 1 fully saturated rings. The van der Waals surface area contributed by atoms with Crippen molar-refractivity contribution in [3.05, 3.63) is 28.8 Å². The molecular weight excluding hydrogens is 298 g/mol. The van der Waals surface area contributed by atoms with Crippen LogP contribution in [0.15, 0.2) is 23.1 Å². The van der Waals surface area contributed by atoms with Crippen LogP contribution in [-0.4, -0.2) is 20.5 Å². The first kappa shape index (κ1) is 15.3. The van der Waals surface area contributed by atoms with Gasteiger partial charge in [-0.15, -0.1) is 0 Å². The summed E-state index contributed by atoms with van der Waals surface area (Å²) in [6.07, 6.45) is 3.49. The number of nitrogens with zero attached hydrogens (tertiary/aromatic N) is 1. The largest absolute Gasteiger partial charge is 0.326 e. The van der Waals surface area contributed by atoms with Crippen LogP contribution in [0.2, 0.25) is 5.02 Å². The van der Waals surface area contributed by atoms with E-state index in [-0.39, 0.29) is 27.6 Å². The zero-order valence-corrected chi connectivity index (χ0v) is 12.4. The third-order valence-corrected chi connectivity index (χ3v) is 5.45. The Balaban J connectivity index is 2.28. The number of nitrogens with two attached hydrogens (primary N) is 1. The van der Waals surface area contributed by atoms with Crippen LogP contribution in [0.5, 0.6) is 0 Å². The van der Waals surface area contributed by atoms with Gasteiger partial charge in [-0.3, -0.25) is 0 Å². The van der Waals surface area contributed by atoms with E-state index in [9.17, 15) is 8.42 Å². The van der Waals surface area contributed by atoms with Crippen molar-refractivity contribution in [1.82, 2.24) is 4.72 Å². The summed E-state index contributed by atoms with van der Waals surface area (Å²) in [5.74, 6) is 0. The summed E-state index contributed by atoms with van der Waals surface area (Å²) in [5.41, 5.74) is 6.20. The van der Waals surface area contributed by atoms with Crippen LogP contribution >= 0.6 is 11.6 Å². The van der Waals surface area contributed by atoms with E-state index >= 15 is 0 Å². The van der Waals surface area contributed by atoms with Crippen LogP contribution in [0, 0.1) is 11.3 Å². The topological polar surface area (TPSA) is 96.0 Å². The van der Waals surface area contributed by atoms with Gasteiger partial charge < -0.3 is 5.73 Å². The Bertz CT molecular complexity index is 640. The molecule has 2 unspecified atom stereocenters. The summed E-state index contributed by atoms with van der Waals surface area (Å²) in [4.78, 5) is -0.0732. The van der Waals surface area contributed by atoms with Gasteiger partial charge >= 0.3 is 0 Å². The zero-order valence-electron chi connectivity index (χ0n) is 10.8. The molecule has 20 heavy (non-hydrogen) atoms. The van der Waals surface area contributed by atoms with Gasteiger partial charge in [-0.05, 0) is 31.0 Å². The van der Waals surface area contributed by atoms with E-state index in [0.717, 1.165) is 25.7 Å². The highest BCUT2D eigenvalue weighted by Crippen LogP contribution is 2.24. The third kappa shape index (κ3) is 3.30. The summed E-state index contributed by atoms with van der Waals surface area (Å²) < 4.78 is 27.4. The quantitative estimate of drug-likeness (QED) is 0.888. The Kier molecular flexibility index (Phi) is 4.66. The van der Waals surface area contributed by atoms with Gasteiger partial charge in [0.1, 0.15) is 4.90 Å². The molecule has 0 aliphatic heterocycles. The van der Waals surface area contributed by atoms with Crippen LogP contribution in [0.1, 0.15) is 31.2 Å². The Labute approximate surface area is 123 Å². The van der Waals surface area contributed by atoms with Gasteiger partial charge in [0.25, 0.3) is 0 Å². The number of hydrogen-bond donors (Lipinski definition) is 2. The number of halogens is 1. The van der Waals surface area contributed by atoms with Crippen LogP contribution in [0.3, 0.4) is 0 Å². The Hall–Kier alpha value is -1.13. The first-order valence-electron chi connectivity index (χ1n) is 6.41. The van der Waals surface area contributed by atoms with Crippen LogP contribution in [0.4, 0.5) is 0 Å². The first-order valence-corrected chi connectivity index (χ1v) is 8.28. The van der Waals surface area contributed by atoms with E-state index in [4.69, 9.17) is 22.6 Å². The van der Waals surface area contributed by atoms with Gasteiger partial charge in [-0.1, -0.05) is 24.4 Å². The molecule has 0 amide bonds. The Morgan fingerprint density at radius 1 is 1.35 bits per heavy atom. The predicted octanol–water partition coefficient (Wildman–Crippen LogP) is 1.76. The number of sulfonamides is 1. The van der Waals surface area contributed by atoms with Gasteiger partial charge in [0.15, 0.2) is 0 Å². The van der Waals surface area contributed by atoms with E-state index < -0.39 is 10.0 Å². The van der Waals surface area contributed by atoms with Crippen molar-refractivity contribution in [2.75, 3.05) is 0 Å². The highest BCUT2D eigenvalue weighted by atomic mass is 35.5. The molecule has 5 nitrogen and oxygen atoms in total. The minimum atomic E-state index is -3.77. The molecule has 0 spiro atoms. The molecule has 1 aliphatic rings. The Morgan fingerprint density at radius 3 is 2.70 bits per heavy atom. The van der Waals surface area contributed by atoms with Crippen molar-refractivity contribution in [2.45, 2.75) is 42.7 Å². The van der Waals surface area contributed by atoms with Gasteiger partial charge in [-0.2, -0.15) is 5.26 Å².